The lowest BCUT2D eigenvalue weighted by Crippen LogP contribution is -2.26. The monoisotopic (exact) mass is 261 g/mol. The highest BCUT2D eigenvalue weighted by Crippen LogP contribution is 2.24. The van der Waals surface area contributed by atoms with Crippen LogP contribution in [0.1, 0.15) is 31.9 Å². The molecule has 4 heteroatoms. The van der Waals surface area contributed by atoms with Gasteiger partial charge in [-0.05, 0) is 39.3 Å². The molecule has 19 heavy (non-hydrogen) atoms. The number of carbonyl (C=O) groups is 1. The molecule has 0 fully saturated rings. The number of aliphatic hydroxyl groups excluding tert-OH is 1. The van der Waals surface area contributed by atoms with Crippen molar-refractivity contribution in [1.29, 1.82) is 0 Å². The summed E-state index contributed by atoms with van der Waals surface area (Å²) >= 11 is 0. The Morgan fingerprint density at radius 2 is 2.05 bits per heavy atom. The fourth-order valence-electron chi connectivity index (χ4n) is 2.00. The van der Waals surface area contributed by atoms with E-state index in [0.717, 1.165) is 22.0 Å². The molecule has 0 saturated heterocycles. The lowest BCUT2D eigenvalue weighted by molar-refractivity contribution is 0.0544. The number of aryl methyl sites for hydroxylation is 1. The summed E-state index contributed by atoms with van der Waals surface area (Å²) in [6.45, 7) is 7.35. The summed E-state index contributed by atoms with van der Waals surface area (Å²) in [5.74, 6) is 0. The number of hydrogen-bond donors (Lipinski definition) is 1. The zero-order valence-corrected chi connectivity index (χ0v) is 11.7. The van der Waals surface area contributed by atoms with Crippen molar-refractivity contribution in [3.8, 4) is 0 Å². The van der Waals surface area contributed by atoms with Gasteiger partial charge in [-0.15, -0.1) is 0 Å². The number of aromatic nitrogens is 1. The summed E-state index contributed by atoms with van der Waals surface area (Å²) in [4.78, 5) is 12.2. The Morgan fingerprint density at radius 1 is 1.37 bits per heavy atom. The Labute approximate surface area is 112 Å². The quantitative estimate of drug-likeness (QED) is 0.857. The molecule has 0 aliphatic heterocycles. The number of aliphatic hydroxyl groups is 1. The van der Waals surface area contributed by atoms with Crippen LogP contribution >= 0.6 is 0 Å². The molecule has 0 radical (unpaired) electrons. The van der Waals surface area contributed by atoms with E-state index in [0.29, 0.717) is 0 Å². The average Bonchev–Trinajstić information content (AvgIpc) is 2.64. The number of rotatable bonds is 1. The van der Waals surface area contributed by atoms with Crippen LogP contribution in [0.25, 0.3) is 10.9 Å². The van der Waals surface area contributed by atoms with Crippen LogP contribution in [0.4, 0.5) is 4.79 Å². The molecule has 1 aromatic carbocycles. The number of ether oxygens (including phenoxy) is 1. The predicted octanol–water partition coefficient (Wildman–Crippen LogP) is 3.23. The first-order valence-corrected chi connectivity index (χ1v) is 6.26. The third kappa shape index (κ3) is 2.79. The Hall–Kier alpha value is -1.81. The number of fused-ring (bicyclic) bond motifs is 1. The van der Waals surface area contributed by atoms with Crippen LogP contribution in [0, 0.1) is 6.92 Å². The van der Waals surface area contributed by atoms with Crippen molar-refractivity contribution in [1.82, 2.24) is 4.57 Å². The fraction of sp³-hybridized carbons (Fsp3) is 0.400. The predicted molar refractivity (Wildman–Crippen MR) is 74.2 cm³/mol. The Morgan fingerprint density at radius 3 is 2.63 bits per heavy atom. The van der Waals surface area contributed by atoms with Gasteiger partial charge in [0.05, 0.1) is 12.1 Å². The van der Waals surface area contributed by atoms with Gasteiger partial charge in [-0.3, -0.25) is 4.57 Å². The molecule has 0 unspecified atom stereocenters. The maximum atomic E-state index is 12.2. The lowest BCUT2D eigenvalue weighted by Gasteiger charge is -2.19. The lowest BCUT2D eigenvalue weighted by atomic mass is 10.1. The van der Waals surface area contributed by atoms with Crippen molar-refractivity contribution >= 4 is 17.0 Å². The minimum absolute atomic E-state index is 0.102. The van der Waals surface area contributed by atoms with Crippen LogP contribution in [0.15, 0.2) is 24.4 Å². The molecule has 0 bridgehead atoms. The molecule has 0 amide bonds. The number of carbonyl (C=O) groups excluding carboxylic acids is 1. The molecule has 102 valence electrons. The molecule has 2 rings (SSSR count). The second kappa shape index (κ2) is 4.70. The largest absolute Gasteiger partial charge is 0.443 e. The van der Waals surface area contributed by atoms with Gasteiger partial charge >= 0.3 is 6.09 Å². The summed E-state index contributed by atoms with van der Waals surface area (Å²) in [6, 6.07) is 5.79. The molecule has 2 aromatic rings. The molecule has 1 heterocycles. The zero-order valence-electron chi connectivity index (χ0n) is 11.7. The second-order valence-electron chi connectivity index (χ2n) is 5.68. The Balaban J connectivity index is 2.54. The van der Waals surface area contributed by atoms with Crippen LogP contribution in [-0.2, 0) is 11.3 Å². The van der Waals surface area contributed by atoms with E-state index in [4.69, 9.17) is 4.74 Å². The van der Waals surface area contributed by atoms with Crippen LogP contribution in [0.2, 0.25) is 0 Å². The van der Waals surface area contributed by atoms with Gasteiger partial charge in [0.25, 0.3) is 0 Å². The summed E-state index contributed by atoms with van der Waals surface area (Å²) in [6.07, 6.45) is 1.21. The van der Waals surface area contributed by atoms with Gasteiger partial charge in [-0.1, -0.05) is 12.1 Å². The summed E-state index contributed by atoms with van der Waals surface area (Å²) in [5.41, 5.74) is 2.00. The van der Waals surface area contributed by atoms with Gasteiger partial charge in [-0.2, -0.15) is 0 Å². The minimum Gasteiger partial charge on any atom is -0.443 e. The summed E-state index contributed by atoms with van der Waals surface area (Å²) in [5, 5.41) is 10.2. The van der Waals surface area contributed by atoms with Crippen molar-refractivity contribution in [3.05, 3.63) is 35.5 Å². The maximum absolute atomic E-state index is 12.2. The normalized spacial score (nSPS) is 11.8. The zero-order chi connectivity index (χ0) is 14.2. The third-order valence-corrected chi connectivity index (χ3v) is 2.80. The maximum Gasteiger partial charge on any atom is 0.419 e. The topological polar surface area (TPSA) is 51.5 Å². The van der Waals surface area contributed by atoms with Gasteiger partial charge in [-0.25, -0.2) is 4.79 Å². The molecule has 4 nitrogen and oxygen atoms in total. The average molecular weight is 261 g/mol. The molecule has 1 N–H and O–H groups in total. The van der Waals surface area contributed by atoms with Gasteiger partial charge in [0.15, 0.2) is 0 Å². The summed E-state index contributed by atoms with van der Waals surface area (Å²) in [7, 11) is 0. The fourth-order valence-corrected chi connectivity index (χ4v) is 2.00. The molecule has 0 atom stereocenters. The van der Waals surface area contributed by atoms with Gasteiger partial charge in [0.2, 0.25) is 0 Å². The summed E-state index contributed by atoms with van der Waals surface area (Å²) < 4.78 is 6.83. The third-order valence-electron chi connectivity index (χ3n) is 2.80. The molecular formula is C15H19NO3. The van der Waals surface area contributed by atoms with E-state index in [2.05, 4.69) is 0 Å². The van der Waals surface area contributed by atoms with E-state index >= 15 is 0 Å². The van der Waals surface area contributed by atoms with Crippen molar-refractivity contribution in [3.63, 3.8) is 0 Å². The SMILES string of the molecule is Cc1ccc2c(CO)cn(C(=O)OC(C)(C)C)c2c1. The van der Waals surface area contributed by atoms with E-state index < -0.39 is 11.7 Å². The number of benzene rings is 1. The van der Waals surface area contributed by atoms with E-state index in [1.54, 1.807) is 6.20 Å². The van der Waals surface area contributed by atoms with E-state index in [1.165, 1.54) is 4.57 Å². The van der Waals surface area contributed by atoms with Crippen molar-refractivity contribution in [2.45, 2.75) is 39.9 Å². The standard InChI is InChI=1S/C15H19NO3/c1-10-5-6-12-11(9-17)8-16(13(12)7-10)14(18)19-15(2,3)4/h5-8,17H,9H2,1-4H3. The molecule has 0 spiro atoms. The van der Waals surface area contributed by atoms with Crippen molar-refractivity contribution in [2.75, 3.05) is 0 Å². The van der Waals surface area contributed by atoms with E-state index in [-0.39, 0.29) is 6.61 Å². The first-order chi connectivity index (χ1) is 8.81. The first kappa shape index (κ1) is 13.6. The first-order valence-electron chi connectivity index (χ1n) is 6.26. The van der Waals surface area contributed by atoms with E-state index in [1.807, 2.05) is 45.9 Å². The van der Waals surface area contributed by atoms with E-state index in [9.17, 15) is 9.90 Å². The minimum atomic E-state index is -0.545. The van der Waals surface area contributed by atoms with Crippen LogP contribution in [0.3, 0.4) is 0 Å². The highest BCUT2D eigenvalue weighted by molar-refractivity contribution is 5.92. The molecule has 0 aliphatic rings. The van der Waals surface area contributed by atoms with Crippen molar-refractivity contribution < 1.29 is 14.6 Å². The van der Waals surface area contributed by atoms with Crippen LogP contribution < -0.4 is 0 Å². The van der Waals surface area contributed by atoms with Crippen molar-refractivity contribution in [2.24, 2.45) is 0 Å². The Kier molecular flexibility index (Phi) is 3.37. The number of hydrogen-bond acceptors (Lipinski definition) is 3. The van der Waals surface area contributed by atoms with Gasteiger partial charge < -0.3 is 9.84 Å². The highest BCUT2D eigenvalue weighted by Gasteiger charge is 2.20. The van der Waals surface area contributed by atoms with Gasteiger partial charge in [0, 0.05) is 17.1 Å². The Bertz CT molecular complexity index is 620. The molecular weight excluding hydrogens is 242 g/mol. The molecule has 1 aromatic heterocycles. The molecule has 0 saturated carbocycles. The van der Waals surface area contributed by atoms with Gasteiger partial charge in [0.1, 0.15) is 5.60 Å². The second-order valence-corrected chi connectivity index (χ2v) is 5.68. The van der Waals surface area contributed by atoms with Crippen LogP contribution in [-0.4, -0.2) is 21.4 Å². The van der Waals surface area contributed by atoms with Crippen LogP contribution in [0.5, 0.6) is 0 Å². The highest BCUT2D eigenvalue weighted by atomic mass is 16.6. The molecule has 0 aliphatic carbocycles. The smallest absolute Gasteiger partial charge is 0.419 e. The number of nitrogens with zero attached hydrogens (tertiary/aromatic N) is 1.